The Kier molecular flexibility index (Phi) is 11.6. The summed E-state index contributed by atoms with van der Waals surface area (Å²) in [4.78, 5) is 14.2. The van der Waals surface area contributed by atoms with E-state index in [0.29, 0.717) is 0 Å². The smallest absolute Gasteiger partial charge is 0.134 e. The van der Waals surface area contributed by atoms with E-state index in [1.807, 2.05) is 0 Å². The SMILES string of the molecule is CCCCCCCCCCCCc1cccc2cc3ccccc3cc12.O=[P+](O)O. The summed E-state index contributed by atoms with van der Waals surface area (Å²) in [6.07, 6.45) is 15.3. The van der Waals surface area contributed by atoms with Gasteiger partial charge in [-0.15, -0.1) is 9.79 Å². The molecule has 0 aliphatic carbocycles. The minimum atomic E-state index is -2.87. The van der Waals surface area contributed by atoms with E-state index in [2.05, 4.69) is 61.5 Å². The molecular weight excluding hydrogens is 391 g/mol. The second-order valence-corrected chi connectivity index (χ2v) is 8.53. The van der Waals surface area contributed by atoms with Gasteiger partial charge in [-0.3, -0.25) is 0 Å². The summed E-state index contributed by atoms with van der Waals surface area (Å²) in [6.45, 7) is 2.29. The molecule has 0 heterocycles. The molecule has 3 aromatic rings. The maximum atomic E-state index is 8.70. The second kappa shape index (κ2) is 14.2. The van der Waals surface area contributed by atoms with Crippen molar-refractivity contribution in [3.05, 3.63) is 60.2 Å². The molecule has 2 N–H and O–H groups in total. The van der Waals surface area contributed by atoms with E-state index in [9.17, 15) is 0 Å². The zero-order valence-corrected chi connectivity index (χ0v) is 19.1. The molecule has 162 valence electrons. The normalized spacial score (nSPS) is 10.8. The Hall–Kier alpha value is -1.80. The van der Waals surface area contributed by atoms with Gasteiger partial charge in [0.25, 0.3) is 0 Å². The number of rotatable bonds is 11. The molecule has 30 heavy (non-hydrogen) atoms. The lowest BCUT2D eigenvalue weighted by Crippen LogP contribution is -1.89. The quantitative estimate of drug-likeness (QED) is 0.185. The van der Waals surface area contributed by atoms with Crippen molar-refractivity contribution in [3.8, 4) is 0 Å². The Morgan fingerprint density at radius 1 is 0.667 bits per heavy atom. The highest BCUT2D eigenvalue weighted by atomic mass is 31.1. The van der Waals surface area contributed by atoms with E-state index in [4.69, 9.17) is 14.4 Å². The van der Waals surface area contributed by atoms with Gasteiger partial charge in [0, 0.05) is 4.57 Å². The summed E-state index contributed by atoms with van der Waals surface area (Å²) >= 11 is 0. The molecular formula is C26H36O3P+. The van der Waals surface area contributed by atoms with Gasteiger partial charge in [0.2, 0.25) is 0 Å². The third kappa shape index (κ3) is 8.92. The third-order valence-electron chi connectivity index (χ3n) is 5.64. The van der Waals surface area contributed by atoms with Gasteiger partial charge in [-0.05, 0) is 52.1 Å². The van der Waals surface area contributed by atoms with Crippen molar-refractivity contribution in [2.75, 3.05) is 0 Å². The topological polar surface area (TPSA) is 57.5 Å². The summed E-state index contributed by atoms with van der Waals surface area (Å²) < 4.78 is 8.70. The summed E-state index contributed by atoms with van der Waals surface area (Å²) in [6, 6.07) is 20.2. The molecule has 0 saturated heterocycles. The minimum Gasteiger partial charge on any atom is -0.134 e. The lowest BCUT2D eigenvalue weighted by Gasteiger charge is -2.09. The van der Waals surface area contributed by atoms with Gasteiger partial charge < -0.3 is 0 Å². The van der Waals surface area contributed by atoms with Crippen molar-refractivity contribution >= 4 is 29.8 Å². The monoisotopic (exact) mass is 427 g/mol. The number of hydrogen-bond acceptors (Lipinski definition) is 1. The molecule has 4 heteroatoms. The highest BCUT2D eigenvalue weighted by Crippen LogP contribution is 2.26. The standard InChI is InChI=1S/C26H34.HO3P/c1-2-3-4-5-6-7-8-9-10-11-15-22-18-14-19-25-20-23-16-12-13-17-24(23)21-26(22)25;1-4(2)3/h12-14,16-21H,2-11,15H2,1H3;(H-,1,2,3)/p+1. The fraction of sp³-hybridized carbons (Fsp3) is 0.462. The molecule has 0 saturated carbocycles. The summed E-state index contributed by atoms with van der Waals surface area (Å²) in [5.74, 6) is 0. The van der Waals surface area contributed by atoms with Crippen LogP contribution in [0.3, 0.4) is 0 Å². The number of hydrogen-bond donors (Lipinski definition) is 2. The predicted molar refractivity (Wildman–Crippen MR) is 129 cm³/mol. The van der Waals surface area contributed by atoms with Gasteiger partial charge in [0.1, 0.15) is 0 Å². The van der Waals surface area contributed by atoms with Gasteiger partial charge in [-0.1, -0.05) is 107 Å². The Balaban J connectivity index is 0.000000735. The molecule has 0 radical (unpaired) electrons. The van der Waals surface area contributed by atoms with Crippen molar-refractivity contribution < 1.29 is 14.4 Å². The van der Waals surface area contributed by atoms with Crippen molar-refractivity contribution in [1.82, 2.24) is 0 Å². The van der Waals surface area contributed by atoms with Crippen LogP contribution in [0.15, 0.2) is 54.6 Å². The first kappa shape index (κ1) is 24.5. The number of fused-ring (bicyclic) bond motifs is 2. The van der Waals surface area contributed by atoms with E-state index in [1.54, 1.807) is 0 Å². The molecule has 0 aliphatic heterocycles. The predicted octanol–water partition coefficient (Wildman–Crippen LogP) is 8.08. The fourth-order valence-electron chi connectivity index (χ4n) is 4.05. The van der Waals surface area contributed by atoms with Crippen molar-refractivity contribution in [2.45, 2.75) is 77.6 Å². The number of aryl methyl sites for hydroxylation is 1. The average molecular weight is 428 g/mol. The summed E-state index contributed by atoms with van der Waals surface area (Å²) in [7, 11) is -2.87. The zero-order valence-electron chi connectivity index (χ0n) is 18.2. The Morgan fingerprint density at radius 3 is 1.77 bits per heavy atom. The van der Waals surface area contributed by atoms with Gasteiger partial charge in [-0.2, -0.15) is 0 Å². The van der Waals surface area contributed by atoms with Crippen LogP contribution in [-0.4, -0.2) is 9.79 Å². The Labute approximate surface area is 182 Å². The molecule has 0 unspecified atom stereocenters. The molecule has 0 amide bonds. The zero-order chi connectivity index (χ0) is 21.6. The van der Waals surface area contributed by atoms with Crippen molar-refractivity contribution in [3.63, 3.8) is 0 Å². The first-order valence-electron chi connectivity index (χ1n) is 11.4. The van der Waals surface area contributed by atoms with E-state index in [-0.39, 0.29) is 0 Å². The summed E-state index contributed by atoms with van der Waals surface area (Å²) in [5, 5.41) is 5.53. The van der Waals surface area contributed by atoms with E-state index < -0.39 is 8.25 Å². The lowest BCUT2D eigenvalue weighted by molar-refractivity contribution is 0.405. The molecule has 0 atom stereocenters. The number of benzene rings is 3. The van der Waals surface area contributed by atoms with Gasteiger partial charge >= 0.3 is 8.25 Å². The van der Waals surface area contributed by atoms with E-state index in [0.717, 1.165) is 0 Å². The second-order valence-electron chi connectivity index (χ2n) is 8.02. The molecule has 3 rings (SSSR count). The van der Waals surface area contributed by atoms with Crippen molar-refractivity contribution in [2.24, 2.45) is 0 Å². The van der Waals surface area contributed by atoms with Gasteiger partial charge in [0.15, 0.2) is 0 Å². The fourth-order valence-corrected chi connectivity index (χ4v) is 4.05. The van der Waals surface area contributed by atoms with Crippen LogP contribution in [0, 0.1) is 0 Å². The van der Waals surface area contributed by atoms with E-state index in [1.165, 1.54) is 97.7 Å². The van der Waals surface area contributed by atoms with Crippen LogP contribution in [0.4, 0.5) is 0 Å². The Morgan fingerprint density at radius 2 is 1.17 bits per heavy atom. The van der Waals surface area contributed by atoms with E-state index >= 15 is 0 Å². The summed E-state index contributed by atoms with van der Waals surface area (Å²) in [5.41, 5.74) is 1.52. The maximum absolute atomic E-state index is 8.70. The molecule has 0 aromatic heterocycles. The molecule has 0 aliphatic rings. The van der Waals surface area contributed by atoms with Crippen LogP contribution in [-0.2, 0) is 11.0 Å². The maximum Gasteiger partial charge on any atom is 0.692 e. The van der Waals surface area contributed by atoms with Crippen LogP contribution >= 0.6 is 8.25 Å². The van der Waals surface area contributed by atoms with Crippen LogP contribution in [0.5, 0.6) is 0 Å². The average Bonchev–Trinajstić information content (AvgIpc) is 2.73. The Bertz CT molecular complexity index is 903. The highest BCUT2D eigenvalue weighted by Gasteiger charge is 2.03. The molecule has 3 aromatic carbocycles. The van der Waals surface area contributed by atoms with Crippen LogP contribution in [0.1, 0.15) is 76.7 Å². The molecule has 3 nitrogen and oxygen atoms in total. The van der Waals surface area contributed by atoms with Crippen LogP contribution in [0.25, 0.3) is 21.5 Å². The third-order valence-corrected chi connectivity index (χ3v) is 5.64. The largest absolute Gasteiger partial charge is 0.692 e. The molecule has 0 bridgehead atoms. The van der Waals surface area contributed by atoms with Crippen LogP contribution < -0.4 is 0 Å². The molecule has 0 spiro atoms. The lowest BCUT2D eigenvalue weighted by atomic mass is 9.96. The van der Waals surface area contributed by atoms with Crippen LogP contribution in [0.2, 0.25) is 0 Å². The number of unbranched alkanes of at least 4 members (excludes halogenated alkanes) is 9. The molecule has 0 fully saturated rings. The first-order valence-corrected chi connectivity index (χ1v) is 12.5. The minimum absolute atomic E-state index is 1.21. The van der Waals surface area contributed by atoms with Gasteiger partial charge in [-0.25, -0.2) is 0 Å². The van der Waals surface area contributed by atoms with Gasteiger partial charge in [0.05, 0.1) is 0 Å². The van der Waals surface area contributed by atoms with Crippen molar-refractivity contribution in [1.29, 1.82) is 0 Å². The highest BCUT2D eigenvalue weighted by molar-refractivity contribution is 7.30. The first-order chi connectivity index (χ1) is 14.6.